The van der Waals surface area contributed by atoms with E-state index in [1.165, 1.54) is 11.3 Å². The molecule has 0 saturated heterocycles. The van der Waals surface area contributed by atoms with Crippen molar-refractivity contribution in [2.24, 2.45) is 4.99 Å². The van der Waals surface area contributed by atoms with Gasteiger partial charge in [-0.2, -0.15) is 0 Å². The summed E-state index contributed by atoms with van der Waals surface area (Å²) in [6.07, 6.45) is 3.46. The van der Waals surface area contributed by atoms with E-state index in [4.69, 9.17) is 14.2 Å². The van der Waals surface area contributed by atoms with Crippen molar-refractivity contribution in [2.45, 2.75) is 37.8 Å². The number of rotatable bonds is 7. The average Bonchev–Trinajstić information content (AvgIpc) is 3.17. The molecule has 0 unspecified atom stereocenters. The number of halogens is 1. The minimum atomic E-state index is -0.662. The van der Waals surface area contributed by atoms with Gasteiger partial charge in [0.25, 0.3) is 5.56 Å². The van der Waals surface area contributed by atoms with E-state index in [0.29, 0.717) is 37.7 Å². The number of carbonyl (C=O) groups excluding carboxylic acids is 1. The van der Waals surface area contributed by atoms with Crippen LogP contribution < -0.4 is 24.4 Å². The van der Waals surface area contributed by atoms with Crippen LogP contribution in [-0.2, 0) is 9.53 Å². The molecule has 0 bridgehead atoms. The maximum absolute atomic E-state index is 13.9. The molecule has 7 nitrogen and oxygen atoms in total. The normalized spacial score (nSPS) is 15.5. The van der Waals surface area contributed by atoms with Crippen molar-refractivity contribution in [1.82, 2.24) is 4.57 Å². The zero-order valence-electron chi connectivity index (χ0n) is 21.3. The average molecular weight is 604 g/mol. The zero-order valence-corrected chi connectivity index (χ0v) is 24.5. The molecular formula is C27H27BrN2O5S2. The Hall–Kier alpha value is -2.82. The Bertz CT molecular complexity index is 1560. The van der Waals surface area contributed by atoms with Crippen LogP contribution in [0.3, 0.4) is 0 Å². The van der Waals surface area contributed by atoms with Crippen LogP contribution in [0.4, 0.5) is 0 Å². The minimum absolute atomic E-state index is 0.251. The molecule has 10 heteroatoms. The van der Waals surface area contributed by atoms with Crippen molar-refractivity contribution in [3.8, 4) is 11.5 Å². The standard InChI is InChI=1S/C27H27BrN2O5S2/c1-14(2)35-26(32)23-15(3)29-27-30(24(23)16-7-9-18(36-6)10-8-16)25(31)22(37-27)12-17-11-19(28)21(34-5)13-20(17)33-4/h7-14,24H,1-6H3/b22-12-/t24-/m0/s1. The smallest absolute Gasteiger partial charge is 0.338 e. The van der Waals surface area contributed by atoms with Crippen LogP contribution in [0, 0.1) is 0 Å². The van der Waals surface area contributed by atoms with E-state index in [2.05, 4.69) is 20.9 Å². The first-order chi connectivity index (χ1) is 17.7. The predicted molar refractivity (Wildman–Crippen MR) is 150 cm³/mol. The van der Waals surface area contributed by atoms with Gasteiger partial charge in [-0.25, -0.2) is 9.79 Å². The fourth-order valence-corrected chi connectivity index (χ4v) is 6.07. The lowest BCUT2D eigenvalue weighted by molar-refractivity contribution is -0.143. The molecule has 0 fully saturated rings. The maximum atomic E-state index is 13.9. The van der Waals surface area contributed by atoms with Crippen molar-refractivity contribution >= 4 is 51.1 Å². The molecule has 2 heterocycles. The lowest BCUT2D eigenvalue weighted by Gasteiger charge is -2.25. The number of fused-ring (bicyclic) bond motifs is 1. The number of nitrogens with zero attached hydrogens (tertiary/aromatic N) is 2. The molecule has 0 saturated carbocycles. The summed E-state index contributed by atoms with van der Waals surface area (Å²) in [6, 6.07) is 10.8. The van der Waals surface area contributed by atoms with Crippen LogP contribution in [0.1, 0.15) is 37.9 Å². The highest BCUT2D eigenvalue weighted by molar-refractivity contribution is 9.10. The van der Waals surface area contributed by atoms with Gasteiger partial charge in [0.15, 0.2) is 4.80 Å². The Labute approximate surface area is 231 Å². The largest absolute Gasteiger partial charge is 0.496 e. The Kier molecular flexibility index (Phi) is 8.30. The third kappa shape index (κ3) is 5.42. The second-order valence-corrected chi connectivity index (χ2v) is 11.3. The molecule has 0 N–H and O–H groups in total. The Balaban J connectivity index is 1.95. The van der Waals surface area contributed by atoms with Gasteiger partial charge in [-0.3, -0.25) is 9.36 Å². The Morgan fingerprint density at radius 1 is 1.16 bits per heavy atom. The fraction of sp³-hybridized carbons (Fsp3) is 0.296. The second-order valence-electron chi connectivity index (χ2n) is 8.54. The molecule has 0 amide bonds. The number of ether oxygens (including phenoxy) is 3. The predicted octanol–water partition coefficient (Wildman–Crippen LogP) is 4.69. The summed E-state index contributed by atoms with van der Waals surface area (Å²) in [4.78, 5) is 33.3. The van der Waals surface area contributed by atoms with Gasteiger partial charge in [-0.15, -0.1) is 11.8 Å². The number of thioether (sulfide) groups is 1. The monoisotopic (exact) mass is 602 g/mol. The van der Waals surface area contributed by atoms with Crippen LogP contribution >= 0.6 is 39.0 Å². The Morgan fingerprint density at radius 2 is 1.84 bits per heavy atom. The first-order valence-electron chi connectivity index (χ1n) is 11.5. The van der Waals surface area contributed by atoms with Gasteiger partial charge < -0.3 is 14.2 Å². The van der Waals surface area contributed by atoms with Crippen molar-refractivity contribution < 1.29 is 19.0 Å². The zero-order chi connectivity index (χ0) is 26.9. The van der Waals surface area contributed by atoms with E-state index in [-0.39, 0.29) is 11.7 Å². The molecular weight excluding hydrogens is 576 g/mol. The number of methoxy groups -OCH3 is 2. The molecule has 4 rings (SSSR count). The summed E-state index contributed by atoms with van der Waals surface area (Å²) >= 11 is 6.39. The summed E-state index contributed by atoms with van der Waals surface area (Å²) in [6.45, 7) is 5.37. The van der Waals surface area contributed by atoms with Crippen LogP contribution in [0.25, 0.3) is 6.08 Å². The summed E-state index contributed by atoms with van der Waals surface area (Å²) < 4.78 is 19.3. The number of esters is 1. The van der Waals surface area contributed by atoms with Crippen molar-refractivity contribution in [1.29, 1.82) is 0 Å². The number of allylic oxidation sites excluding steroid dienone is 1. The van der Waals surface area contributed by atoms with Crippen molar-refractivity contribution in [3.63, 3.8) is 0 Å². The van der Waals surface area contributed by atoms with Gasteiger partial charge in [0.05, 0.1) is 46.6 Å². The number of thiazole rings is 1. The fourth-order valence-electron chi connectivity index (χ4n) is 4.10. The summed E-state index contributed by atoms with van der Waals surface area (Å²) in [7, 11) is 3.14. The van der Waals surface area contributed by atoms with Gasteiger partial charge >= 0.3 is 5.97 Å². The Morgan fingerprint density at radius 3 is 2.43 bits per heavy atom. The van der Waals surface area contributed by atoms with E-state index < -0.39 is 12.0 Å². The van der Waals surface area contributed by atoms with Crippen LogP contribution in [0.2, 0.25) is 0 Å². The van der Waals surface area contributed by atoms with Gasteiger partial charge in [0, 0.05) is 16.5 Å². The molecule has 0 radical (unpaired) electrons. The highest BCUT2D eigenvalue weighted by Crippen LogP contribution is 2.34. The summed E-state index contributed by atoms with van der Waals surface area (Å²) in [5, 5.41) is 0. The molecule has 3 aromatic rings. The van der Waals surface area contributed by atoms with Crippen LogP contribution in [0.5, 0.6) is 11.5 Å². The minimum Gasteiger partial charge on any atom is -0.496 e. The molecule has 1 aromatic heterocycles. The molecule has 1 aliphatic rings. The third-order valence-electron chi connectivity index (χ3n) is 5.81. The van der Waals surface area contributed by atoms with Gasteiger partial charge in [-0.05, 0) is 72.8 Å². The van der Waals surface area contributed by atoms with Crippen molar-refractivity contribution in [2.75, 3.05) is 20.5 Å². The lowest BCUT2D eigenvalue weighted by atomic mass is 9.96. The molecule has 194 valence electrons. The van der Waals surface area contributed by atoms with Gasteiger partial charge in [-0.1, -0.05) is 23.5 Å². The first kappa shape index (κ1) is 27.2. The number of carbonyl (C=O) groups is 1. The SMILES string of the molecule is COc1cc(OC)c(/C=c2\sc3n(c2=O)[C@@H](c2ccc(SC)cc2)C(C(=O)OC(C)C)=C(C)N=3)cc1Br. The maximum Gasteiger partial charge on any atom is 0.338 e. The topological polar surface area (TPSA) is 79.1 Å². The van der Waals surface area contributed by atoms with E-state index in [0.717, 1.165) is 14.9 Å². The third-order valence-corrected chi connectivity index (χ3v) is 8.15. The number of aromatic nitrogens is 1. The molecule has 0 aliphatic carbocycles. The molecule has 2 aromatic carbocycles. The quantitative estimate of drug-likeness (QED) is 0.288. The summed E-state index contributed by atoms with van der Waals surface area (Å²) in [5.41, 5.74) is 2.15. The van der Waals surface area contributed by atoms with Crippen LogP contribution in [0.15, 0.2) is 66.8 Å². The molecule has 0 spiro atoms. The number of benzene rings is 2. The number of hydrogen-bond donors (Lipinski definition) is 0. The highest BCUT2D eigenvalue weighted by Gasteiger charge is 2.33. The van der Waals surface area contributed by atoms with Gasteiger partial charge in [0.1, 0.15) is 11.5 Å². The highest BCUT2D eigenvalue weighted by atomic mass is 79.9. The first-order valence-corrected chi connectivity index (χ1v) is 14.3. The lowest BCUT2D eigenvalue weighted by Crippen LogP contribution is -2.40. The second kappa shape index (κ2) is 11.3. The molecule has 1 aliphatic heterocycles. The summed E-state index contributed by atoms with van der Waals surface area (Å²) in [5.74, 6) is 0.700. The molecule has 37 heavy (non-hydrogen) atoms. The van der Waals surface area contributed by atoms with E-state index in [1.807, 2.05) is 36.6 Å². The molecule has 1 atom stereocenters. The van der Waals surface area contributed by atoms with E-state index >= 15 is 0 Å². The number of hydrogen-bond acceptors (Lipinski definition) is 8. The van der Waals surface area contributed by atoms with E-state index in [9.17, 15) is 9.59 Å². The van der Waals surface area contributed by atoms with Crippen molar-refractivity contribution in [3.05, 3.63) is 83.0 Å². The van der Waals surface area contributed by atoms with E-state index in [1.54, 1.807) is 63.5 Å². The van der Waals surface area contributed by atoms with Crippen LogP contribution in [-0.4, -0.2) is 37.1 Å². The van der Waals surface area contributed by atoms with Gasteiger partial charge in [0.2, 0.25) is 0 Å².